The third kappa shape index (κ3) is 4.68. The highest BCUT2D eigenvalue weighted by atomic mass is 16.5. The van der Waals surface area contributed by atoms with Gasteiger partial charge in [-0.1, -0.05) is 26.0 Å². The molecule has 3 heterocycles. The molecule has 2 aromatic rings. The van der Waals surface area contributed by atoms with Crippen LogP contribution in [0.3, 0.4) is 0 Å². The molecule has 1 aromatic carbocycles. The third-order valence-corrected chi connectivity index (χ3v) is 6.90. The predicted octanol–water partition coefficient (Wildman–Crippen LogP) is 5.09. The van der Waals surface area contributed by atoms with Crippen LogP contribution in [0.5, 0.6) is 0 Å². The molecule has 0 unspecified atom stereocenters. The first-order valence-corrected chi connectivity index (χ1v) is 11.9. The molecule has 32 heavy (non-hydrogen) atoms. The van der Waals surface area contributed by atoms with E-state index in [1.165, 1.54) is 22.4 Å². The zero-order chi connectivity index (χ0) is 23.0. The summed E-state index contributed by atoms with van der Waals surface area (Å²) < 4.78 is 5.53. The van der Waals surface area contributed by atoms with E-state index >= 15 is 0 Å². The summed E-state index contributed by atoms with van der Waals surface area (Å²) in [6.45, 7) is 16.4. The van der Waals surface area contributed by atoms with E-state index in [2.05, 4.69) is 49.2 Å². The molecular formula is C27H37N3O2. The third-order valence-electron chi connectivity index (χ3n) is 6.90. The van der Waals surface area contributed by atoms with Crippen molar-refractivity contribution in [2.45, 2.75) is 80.0 Å². The second-order valence-corrected chi connectivity index (χ2v) is 10.4. The standard InChI is InChI=1S/C27H37N3O2/c1-17(2)32-24(31)14-23-18(3)29-19(4)25(20-7-8-21-15-28-16-22(21)13-20)26(23)30-11-9-27(5,6)10-12-30/h7-8,13,17,28H,9-12,14-16H2,1-6H3. The van der Waals surface area contributed by atoms with Crippen molar-refractivity contribution in [3.05, 3.63) is 46.3 Å². The highest BCUT2D eigenvalue weighted by molar-refractivity contribution is 5.87. The molecule has 4 rings (SSSR count). The van der Waals surface area contributed by atoms with Crippen LogP contribution in [0, 0.1) is 19.3 Å². The molecule has 1 N–H and O–H groups in total. The number of nitrogens with zero attached hydrogens (tertiary/aromatic N) is 2. The molecule has 1 fully saturated rings. The molecule has 5 nitrogen and oxygen atoms in total. The molecule has 2 aliphatic rings. The lowest BCUT2D eigenvalue weighted by Crippen LogP contribution is -2.38. The van der Waals surface area contributed by atoms with Crippen LogP contribution in [-0.2, 0) is 29.0 Å². The zero-order valence-corrected chi connectivity index (χ0v) is 20.5. The van der Waals surface area contributed by atoms with Crippen molar-refractivity contribution in [3.63, 3.8) is 0 Å². The number of aryl methyl sites for hydroxylation is 2. The van der Waals surface area contributed by atoms with Gasteiger partial charge < -0.3 is 15.0 Å². The zero-order valence-electron chi connectivity index (χ0n) is 20.5. The maximum absolute atomic E-state index is 12.7. The van der Waals surface area contributed by atoms with Gasteiger partial charge in [-0.25, -0.2) is 0 Å². The number of aromatic nitrogens is 1. The van der Waals surface area contributed by atoms with Crippen LogP contribution in [0.2, 0.25) is 0 Å². The number of hydrogen-bond donors (Lipinski definition) is 1. The van der Waals surface area contributed by atoms with Gasteiger partial charge in [0.1, 0.15) is 0 Å². The van der Waals surface area contributed by atoms with Crippen LogP contribution in [0.15, 0.2) is 18.2 Å². The van der Waals surface area contributed by atoms with Gasteiger partial charge in [0.25, 0.3) is 0 Å². The second kappa shape index (κ2) is 8.86. The molecule has 0 atom stereocenters. The Hall–Kier alpha value is -2.40. The molecule has 0 aliphatic carbocycles. The van der Waals surface area contributed by atoms with Gasteiger partial charge in [-0.2, -0.15) is 0 Å². The number of hydrogen-bond acceptors (Lipinski definition) is 5. The van der Waals surface area contributed by atoms with E-state index < -0.39 is 0 Å². The Morgan fingerprint density at radius 1 is 1.12 bits per heavy atom. The minimum absolute atomic E-state index is 0.121. The SMILES string of the molecule is Cc1nc(C)c(-c2ccc3c(c2)CNC3)c(N2CCC(C)(C)CC2)c1CC(=O)OC(C)C. The fraction of sp³-hybridized carbons (Fsp3) is 0.556. The molecule has 0 bridgehead atoms. The number of rotatable bonds is 5. The average Bonchev–Trinajstić information content (AvgIpc) is 3.17. The number of ether oxygens (including phenoxy) is 1. The maximum Gasteiger partial charge on any atom is 0.310 e. The minimum Gasteiger partial charge on any atom is -0.463 e. The van der Waals surface area contributed by atoms with Gasteiger partial charge in [0, 0.05) is 48.7 Å². The number of carbonyl (C=O) groups excluding carboxylic acids is 1. The molecule has 5 heteroatoms. The van der Waals surface area contributed by atoms with E-state index in [-0.39, 0.29) is 18.5 Å². The number of esters is 1. The molecular weight excluding hydrogens is 398 g/mol. The van der Waals surface area contributed by atoms with Gasteiger partial charge >= 0.3 is 5.97 Å². The van der Waals surface area contributed by atoms with Gasteiger partial charge in [-0.05, 0) is 68.7 Å². The Morgan fingerprint density at radius 2 is 1.81 bits per heavy atom. The Balaban J connectivity index is 1.84. The molecule has 1 saturated heterocycles. The Morgan fingerprint density at radius 3 is 2.50 bits per heavy atom. The van der Waals surface area contributed by atoms with E-state index in [1.54, 1.807) is 0 Å². The molecule has 172 valence electrons. The Kier molecular flexibility index (Phi) is 6.30. The van der Waals surface area contributed by atoms with E-state index in [0.29, 0.717) is 5.41 Å². The summed E-state index contributed by atoms with van der Waals surface area (Å²) in [5, 5.41) is 3.45. The summed E-state index contributed by atoms with van der Waals surface area (Å²) in [5.74, 6) is -0.184. The minimum atomic E-state index is -0.184. The van der Waals surface area contributed by atoms with Crippen LogP contribution < -0.4 is 10.2 Å². The first kappa shape index (κ1) is 22.8. The van der Waals surface area contributed by atoms with E-state index in [1.807, 2.05) is 20.8 Å². The molecule has 2 aliphatic heterocycles. The van der Waals surface area contributed by atoms with Gasteiger partial charge in [0.15, 0.2) is 0 Å². The molecule has 0 radical (unpaired) electrons. The maximum atomic E-state index is 12.7. The van der Waals surface area contributed by atoms with Gasteiger partial charge in [-0.3, -0.25) is 9.78 Å². The lowest BCUT2D eigenvalue weighted by atomic mass is 9.82. The number of benzene rings is 1. The van der Waals surface area contributed by atoms with Gasteiger partial charge in [0.05, 0.1) is 18.2 Å². The van der Waals surface area contributed by atoms with Crippen LogP contribution in [-0.4, -0.2) is 30.1 Å². The summed E-state index contributed by atoms with van der Waals surface area (Å²) in [4.78, 5) is 20.1. The van der Waals surface area contributed by atoms with Crippen LogP contribution in [0.25, 0.3) is 11.1 Å². The van der Waals surface area contributed by atoms with Crippen molar-refractivity contribution in [2.24, 2.45) is 5.41 Å². The van der Waals surface area contributed by atoms with E-state index in [0.717, 1.165) is 61.5 Å². The van der Waals surface area contributed by atoms with E-state index in [4.69, 9.17) is 9.72 Å². The summed E-state index contributed by atoms with van der Waals surface area (Å²) in [6.07, 6.45) is 2.41. The molecule has 0 amide bonds. The lowest BCUT2D eigenvalue weighted by molar-refractivity contribution is -0.146. The molecule has 0 saturated carbocycles. The van der Waals surface area contributed by atoms with Crippen LogP contribution in [0.4, 0.5) is 5.69 Å². The Labute approximate surface area is 192 Å². The first-order chi connectivity index (χ1) is 15.1. The van der Waals surface area contributed by atoms with Crippen molar-refractivity contribution >= 4 is 11.7 Å². The fourth-order valence-electron chi connectivity index (χ4n) is 5.01. The van der Waals surface area contributed by atoms with Gasteiger partial charge in [0.2, 0.25) is 0 Å². The highest BCUT2D eigenvalue weighted by Crippen LogP contribution is 2.42. The highest BCUT2D eigenvalue weighted by Gasteiger charge is 2.30. The Bertz CT molecular complexity index is 1020. The smallest absolute Gasteiger partial charge is 0.310 e. The molecule has 1 aromatic heterocycles. The largest absolute Gasteiger partial charge is 0.463 e. The second-order valence-electron chi connectivity index (χ2n) is 10.4. The topological polar surface area (TPSA) is 54.5 Å². The number of fused-ring (bicyclic) bond motifs is 1. The van der Waals surface area contributed by atoms with Gasteiger partial charge in [-0.15, -0.1) is 0 Å². The van der Waals surface area contributed by atoms with Crippen LogP contribution in [0.1, 0.15) is 68.6 Å². The van der Waals surface area contributed by atoms with E-state index in [9.17, 15) is 4.79 Å². The van der Waals surface area contributed by atoms with Crippen molar-refractivity contribution in [1.29, 1.82) is 0 Å². The molecule has 0 spiro atoms. The van der Waals surface area contributed by atoms with Crippen molar-refractivity contribution in [3.8, 4) is 11.1 Å². The summed E-state index contributed by atoms with van der Waals surface area (Å²) in [5.41, 5.74) is 9.56. The van der Waals surface area contributed by atoms with Crippen molar-refractivity contribution < 1.29 is 9.53 Å². The first-order valence-electron chi connectivity index (χ1n) is 11.9. The average molecular weight is 436 g/mol. The quantitative estimate of drug-likeness (QED) is 0.663. The summed E-state index contributed by atoms with van der Waals surface area (Å²) >= 11 is 0. The predicted molar refractivity (Wildman–Crippen MR) is 130 cm³/mol. The fourth-order valence-corrected chi connectivity index (χ4v) is 5.01. The lowest BCUT2D eigenvalue weighted by Gasteiger charge is -2.40. The number of piperidine rings is 1. The normalized spacial score (nSPS) is 17.5. The number of pyridine rings is 1. The number of nitrogens with one attached hydrogen (secondary N) is 1. The van der Waals surface area contributed by atoms with Crippen LogP contribution >= 0.6 is 0 Å². The van der Waals surface area contributed by atoms with Crippen molar-refractivity contribution in [1.82, 2.24) is 10.3 Å². The van der Waals surface area contributed by atoms with Crippen molar-refractivity contribution in [2.75, 3.05) is 18.0 Å². The monoisotopic (exact) mass is 435 g/mol. The number of anilines is 1. The summed E-state index contributed by atoms with van der Waals surface area (Å²) in [6, 6.07) is 6.76. The summed E-state index contributed by atoms with van der Waals surface area (Å²) in [7, 11) is 0. The number of carbonyl (C=O) groups is 1.